The molecule has 0 fully saturated rings. The summed E-state index contributed by atoms with van der Waals surface area (Å²) in [4.78, 5) is 6.47. The summed E-state index contributed by atoms with van der Waals surface area (Å²) in [6, 6.07) is 9.20. The molecule has 2 nitrogen and oxygen atoms in total. The zero-order valence-electron chi connectivity index (χ0n) is 14.0. The number of hydrogen-bond acceptors (Lipinski definition) is 1. The van der Waals surface area contributed by atoms with Crippen molar-refractivity contribution in [1.82, 2.24) is 4.90 Å². The van der Waals surface area contributed by atoms with Crippen molar-refractivity contribution in [2.45, 2.75) is 27.2 Å². The third kappa shape index (κ3) is 4.55. The fourth-order valence-corrected chi connectivity index (χ4v) is 2.55. The Morgan fingerprint density at radius 3 is 2.61 bits per heavy atom. The molecule has 0 amide bonds. The van der Waals surface area contributed by atoms with Crippen molar-refractivity contribution in [3.8, 4) is 0 Å². The van der Waals surface area contributed by atoms with E-state index in [2.05, 4.69) is 18.0 Å². The van der Waals surface area contributed by atoms with Gasteiger partial charge in [0.25, 0.3) is 0 Å². The van der Waals surface area contributed by atoms with Crippen LogP contribution in [0, 0.1) is 19.7 Å². The lowest BCUT2D eigenvalue weighted by molar-refractivity contribution is 0.552. The Balaban J connectivity index is 2.33. The molecule has 0 aromatic heterocycles. The van der Waals surface area contributed by atoms with Crippen LogP contribution < -0.4 is 0 Å². The van der Waals surface area contributed by atoms with Crippen molar-refractivity contribution in [1.29, 1.82) is 0 Å². The second-order valence-electron chi connectivity index (χ2n) is 5.84. The highest BCUT2D eigenvalue weighted by atomic mass is 35.5. The van der Waals surface area contributed by atoms with E-state index in [1.165, 1.54) is 6.07 Å². The van der Waals surface area contributed by atoms with Gasteiger partial charge in [0.2, 0.25) is 0 Å². The van der Waals surface area contributed by atoms with Gasteiger partial charge in [-0.25, -0.2) is 9.38 Å². The number of halogens is 2. The van der Waals surface area contributed by atoms with E-state index < -0.39 is 0 Å². The Labute approximate surface area is 142 Å². The van der Waals surface area contributed by atoms with E-state index in [9.17, 15) is 4.39 Å². The molecule has 0 saturated carbocycles. The van der Waals surface area contributed by atoms with Crippen LogP contribution in [0.25, 0.3) is 0 Å². The molecule has 2 aromatic rings. The Hall–Kier alpha value is -1.87. The van der Waals surface area contributed by atoms with Gasteiger partial charge in [-0.1, -0.05) is 29.8 Å². The van der Waals surface area contributed by atoms with Gasteiger partial charge in [-0.05, 0) is 61.6 Å². The van der Waals surface area contributed by atoms with Gasteiger partial charge in [0.1, 0.15) is 5.82 Å². The summed E-state index contributed by atoms with van der Waals surface area (Å²) in [6.07, 6.45) is 2.44. The standard InChI is InChI=1S/C19H22ClFN2/c1-5-23(4)12-22-18-9-13(2)8-16(19(18)20)11-15-6-7-17(21)14(3)10-15/h6-10,12H,5,11H2,1-4H3/b22-12-. The van der Waals surface area contributed by atoms with E-state index in [1.54, 1.807) is 19.3 Å². The summed E-state index contributed by atoms with van der Waals surface area (Å²) in [5.74, 6) is -0.183. The second-order valence-corrected chi connectivity index (χ2v) is 6.21. The van der Waals surface area contributed by atoms with Crippen molar-refractivity contribution in [2.24, 2.45) is 4.99 Å². The molecule has 0 aliphatic heterocycles. The molecule has 2 rings (SSSR count). The first-order chi connectivity index (χ1) is 10.9. The maximum Gasteiger partial charge on any atom is 0.126 e. The average molecular weight is 333 g/mol. The molecular weight excluding hydrogens is 311 g/mol. The Morgan fingerprint density at radius 2 is 1.96 bits per heavy atom. The molecule has 2 aromatic carbocycles. The van der Waals surface area contributed by atoms with Crippen LogP contribution in [-0.4, -0.2) is 24.8 Å². The smallest absolute Gasteiger partial charge is 0.126 e. The van der Waals surface area contributed by atoms with Gasteiger partial charge < -0.3 is 4.90 Å². The predicted molar refractivity (Wildman–Crippen MR) is 96.6 cm³/mol. The fourth-order valence-electron chi connectivity index (χ4n) is 2.33. The largest absolute Gasteiger partial charge is 0.366 e. The van der Waals surface area contributed by atoms with Crippen molar-refractivity contribution in [3.05, 3.63) is 63.4 Å². The van der Waals surface area contributed by atoms with E-state index in [0.717, 1.165) is 28.9 Å². The number of aliphatic imine (C=N–C) groups is 1. The summed E-state index contributed by atoms with van der Waals surface area (Å²) < 4.78 is 13.4. The molecule has 0 heterocycles. The summed E-state index contributed by atoms with van der Waals surface area (Å²) >= 11 is 6.52. The van der Waals surface area contributed by atoms with Crippen molar-refractivity contribution in [3.63, 3.8) is 0 Å². The highest BCUT2D eigenvalue weighted by Gasteiger charge is 2.09. The van der Waals surface area contributed by atoms with Crippen LogP contribution in [0.4, 0.5) is 10.1 Å². The lowest BCUT2D eigenvalue weighted by Gasteiger charge is -2.12. The van der Waals surface area contributed by atoms with Crippen LogP contribution in [0.1, 0.15) is 29.2 Å². The number of rotatable bonds is 5. The molecule has 0 unspecified atom stereocenters. The van der Waals surface area contributed by atoms with Crippen LogP contribution in [0.2, 0.25) is 5.02 Å². The van der Waals surface area contributed by atoms with E-state index in [0.29, 0.717) is 17.0 Å². The van der Waals surface area contributed by atoms with Crippen LogP contribution in [0.15, 0.2) is 35.3 Å². The van der Waals surface area contributed by atoms with E-state index in [1.807, 2.05) is 31.0 Å². The SMILES string of the molecule is CCN(C)/C=N\c1cc(C)cc(Cc2ccc(F)c(C)c2)c1Cl. The predicted octanol–water partition coefficient (Wildman–Crippen LogP) is 5.30. The maximum atomic E-state index is 13.4. The van der Waals surface area contributed by atoms with Gasteiger partial charge in [0, 0.05) is 13.6 Å². The first kappa shape index (κ1) is 17.5. The van der Waals surface area contributed by atoms with Gasteiger partial charge in [0.05, 0.1) is 17.0 Å². The molecule has 0 atom stereocenters. The quantitative estimate of drug-likeness (QED) is 0.536. The zero-order chi connectivity index (χ0) is 17.0. The Kier molecular flexibility index (Phi) is 5.78. The summed E-state index contributed by atoms with van der Waals surface area (Å²) in [5.41, 5.74) is 4.56. The third-order valence-electron chi connectivity index (χ3n) is 3.78. The molecule has 0 saturated heterocycles. The molecule has 4 heteroatoms. The summed E-state index contributed by atoms with van der Waals surface area (Å²) in [5, 5.41) is 0.651. The highest BCUT2D eigenvalue weighted by Crippen LogP contribution is 2.31. The van der Waals surface area contributed by atoms with E-state index in [4.69, 9.17) is 11.6 Å². The molecule has 23 heavy (non-hydrogen) atoms. The van der Waals surface area contributed by atoms with Crippen LogP contribution in [-0.2, 0) is 6.42 Å². The minimum atomic E-state index is -0.183. The van der Waals surface area contributed by atoms with Crippen molar-refractivity contribution in [2.75, 3.05) is 13.6 Å². The first-order valence-electron chi connectivity index (χ1n) is 7.69. The number of nitrogens with zero attached hydrogens (tertiary/aromatic N) is 2. The van der Waals surface area contributed by atoms with E-state index >= 15 is 0 Å². The monoisotopic (exact) mass is 332 g/mol. The summed E-state index contributed by atoms with van der Waals surface area (Å²) in [6.45, 7) is 6.74. The minimum Gasteiger partial charge on any atom is -0.366 e. The van der Waals surface area contributed by atoms with Crippen LogP contribution in [0.3, 0.4) is 0 Å². The van der Waals surface area contributed by atoms with Crippen LogP contribution >= 0.6 is 11.6 Å². The number of hydrogen-bond donors (Lipinski definition) is 0. The zero-order valence-corrected chi connectivity index (χ0v) is 14.8. The average Bonchev–Trinajstić information content (AvgIpc) is 2.52. The molecular formula is C19H22ClFN2. The molecule has 0 bridgehead atoms. The third-order valence-corrected chi connectivity index (χ3v) is 4.22. The fraction of sp³-hybridized carbons (Fsp3) is 0.316. The lowest BCUT2D eigenvalue weighted by Crippen LogP contribution is -2.14. The normalized spacial score (nSPS) is 11.2. The van der Waals surface area contributed by atoms with Crippen molar-refractivity contribution < 1.29 is 4.39 Å². The number of aryl methyl sites for hydroxylation is 2. The maximum absolute atomic E-state index is 13.4. The van der Waals surface area contributed by atoms with Gasteiger partial charge in [-0.2, -0.15) is 0 Å². The topological polar surface area (TPSA) is 15.6 Å². The van der Waals surface area contributed by atoms with E-state index in [-0.39, 0.29) is 5.82 Å². The lowest BCUT2D eigenvalue weighted by atomic mass is 10.0. The Bertz CT molecular complexity index is 726. The molecule has 0 spiro atoms. The highest BCUT2D eigenvalue weighted by molar-refractivity contribution is 6.33. The second kappa shape index (κ2) is 7.60. The minimum absolute atomic E-state index is 0.183. The molecule has 0 N–H and O–H groups in total. The molecule has 122 valence electrons. The first-order valence-corrected chi connectivity index (χ1v) is 8.07. The molecule has 0 aliphatic carbocycles. The van der Waals surface area contributed by atoms with Crippen molar-refractivity contribution >= 4 is 23.6 Å². The van der Waals surface area contributed by atoms with Gasteiger partial charge in [0.15, 0.2) is 0 Å². The van der Waals surface area contributed by atoms with Gasteiger partial charge in [-0.3, -0.25) is 0 Å². The Morgan fingerprint density at radius 1 is 1.22 bits per heavy atom. The summed E-state index contributed by atoms with van der Waals surface area (Å²) in [7, 11) is 1.97. The van der Waals surface area contributed by atoms with Gasteiger partial charge in [-0.15, -0.1) is 0 Å². The van der Waals surface area contributed by atoms with Gasteiger partial charge >= 0.3 is 0 Å². The number of benzene rings is 2. The molecule has 0 aliphatic rings. The van der Waals surface area contributed by atoms with Crippen LogP contribution in [0.5, 0.6) is 0 Å². The molecule has 0 radical (unpaired) electrons.